The molecule has 102 valence electrons. The fourth-order valence-electron chi connectivity index (χ4n) is 1.45. The van der Waals surface area contributed by atoms with Crippen LogP contribution in [0.25, 0.3) is 0 Å². The summed E-state index contributed by atoms with van der Waals surface area (Å²) in [6.07, 6.45) is -7.11. The van der Waals surface area contributed by atoms with Gasteiger partial charge in [0.05, 0.1) is 0 Å². The highest BCUT2D eigenvalue weighted by atomic mass is 79.9. The fourth-order valence-corrected chi connectivity index (χ4v) is 1.78. The Hall–Kier alpha value is -0.730. The number of aliphatic hydroxyl groups excluding tert-OH is 1. The number of aliphatic hydroxyl groups is 1. The molecule has 2 atom stereocenters. The van der Waals surface area contributed by atoms with E-state index in [1.54, 1.807) is 0 Å². The van der Waals surface area contributed by atoms with Crippen LogP contribution in [0.1, 0.15) is 18.9 Å². The van der Waals surface area contributed by atoms with Gasteiger partial charge in [-0.05, 0) is 28.9 Å². The van der Waals surface area contributed by atoms with Gasteiger partial charge in [-0.25, -0.2) is 4.98 Å². The third-order valence-corrected chi connectivity index (χ3v) is 2.85. The Kier molecular flexibility index (Phi) is 4.34. The molecule has 0 bridgehead atoms. The standard InChI is InChI=1S/C10H11BrF4N2O/c1-9(16,3-7(18)10(13,14)15)6-2-5(11)4-17-8(6)12/h2,4,7,18H,3,16H2,1H3. The normalized spacial score (nSPS) is 17.3. The van der Waals surface area contributed by atoms with Crippen LogP contribution in [0.3, 0.4) is 0 Å². The van der Waals surface area contributed by atoms with Crippen molar-refractivity contribution in [3.05, 3.63) is 28.2 Å². The monoisotopic (exact) mass is 330 g/mol. The first-order valence-electron chi connectivity index (χ1n) is 4.89. The first-order valence-corrected chi connectivity index (χ1v) is 5.68. The van der Waals surface area contributed by atoms with Gasteiger partial charge in [-0.15, -0.1) is 0 Å². The fraction of sp³-hybridized carbons (Fsp3) is 0.500. The van der Waals surface area contributed by atoms with Crippen LogP contribution < -0.4 is 5.73 Å². The van der Waals surface area contributed by atoms with Crippen molar-refractivity contribution in [1.82, 2.24) is 4.98 Å². The molecule has 0 amide bonds. The van der Waals surface area contributed by atoms with Gasteiger partial charge in [0.15, 0.2) is 6.10 Å². The van der Waals surface area contributed by atoms with Crippen LogP contribution in [0.2, 0.25) is 0 Å². The predicted molar refractivity (Wildman–Crippen MR) is 60.1 cm³/mol. The van der Waals surface area contributed by atoms with Crippen molar-refractivity contribution in [1.29, 1.82) is 0 Å². The molecule has 1 heterocycles. The molecule has 8 heteroatoms. The van der Waals surface area contributed by atoms with Gasteiger partial charge in [-0.1, -0.05) is 0 Å². The van der Waals surface area contributed by atoms with Crippen molar-refractivity contribution >= 4 is 15.9 Å². The van der Waals surface area contributed by atoms with Crippen LogP contribution in [0.4, 0.5) is 17.6 Å². The van der Waals surface area contributed by atoms with Gasteiger partial charge in [0.2, 0.25) is 5.95 Å². The van der Waals surface area contributed by atoms with E-state index in [2.05, 4.69) is 20.9 Å². The highest BCUT2D eigenvalue weighted by Crippen LogP contribution is 2.32. The SMILES string of the molecule is CC(N)(CC(O)C(F)(F)F)c1cc(Br)cnc1F. The Morgan fingerprint density at radius 2 is 2.06 bits per heavy atom. The van der Waals surface area contributed by atoms with Gasteiger partial charge in [-0.3, -0.25) is 0 Å². The molecule has 0 aliphatic heterocycles. The molecule has 18 heavy (non-hydrogen) atoms. The number of rotatable bonds is 3. The molecule has 0 radical (unpaired) electrons. The Morgan fingerprint density at radius 1 is 1.50 bits per heavy atom. The van der Waals surface area contributed by atoms with Crippen LogP contribution in [-0.2, 0) is 5.54 Å². The topological polar surface area (TPSA) is 59.1 Å². The molecule has 1 aromatic heterocycles. The lowest BCUT2D eigenvalue weighted by atomic mass is 9.88. The summed E-state index contributed by atoms with van der Waals surface area (Å²) in [4.78, 5) is 3.36. The average molecular weight is 331 g/mol. The second-order valence-corrected chi connectivity index (χ2v) is 5.09. The summed E-state index contributed by atoms with van der Waals surface area (Å²) in [7, 11) is 0. The molecule has 1 aromatic rings. The van der Waals surface area contributed by atoms with Crippen molar-refractivity contribution in [2.24, 2.45) is 5.73 Å². The molecule has 3 nitrogen and oxygen atoms in total. The highest BCUT2D eigenvalue weighted by Gasteiger charge is 2.42. The van der Waals surface area contributed by atoms with Crippen LogP contribution in [-0.4, -0.2) is 22.4 Å². The molecule has 2 unspecified atom stereocenters. The lowest BCUT2D eigenvalue weighted by Crippen LogP contribution is -2.42. The second-order valence-electron chi connectivity index (χ2n) is 4.17. The van der Waals surface area contributed by atoms with E-state index >= 15 is 0 Å². The number of halogens is 5. The number of hydrogen-bond donors (Lipinski definition) is 2. The molecule has 0 spiro atoms. The van der Waals surface area contributed by atoms with Gasteiger partial charge in [0, 0.05) is 28.2 Å². The van der Waals surface area contributed by atoms with Crippen molar-refractivity contribution in [2.45, 2.75) is 31.2 Å². The van der Waals surface area contributed by atoms with Gasteiger partial charge in [-0.2, -0.15) is 17.6 Å². The third-order valence-electron chi connectivity index (χ3n) is 2.42. The third kappa shape index (κ3) is 3.63. The number of hydrogen-bond acceptors (Lipinski definition) is 3. The minimum absolute atomic E-state index is 0.194. The lowest BCUT2D eigenvalue weighted by Gasteiger charge is -2.28. The quantitative estimate of drug-likeness (QED) is 0.661. The minimum atomic E-state index is -4.80. The first kappa shape index (κ1) is 15.3. The van der Waals surface area contributed by atoms with Gasteiger partial charge < -0.3 is 10.8 Å². The van der Waals surface area contributed by atoms with E-state index < -0.39 is 30.2 Å². The summed E-state index contributed by atoms with van der Waals surface area (Å²) in [5, 5.41) is 8.98. The first-order chi connectivity index (χ1) is 8.04. The summed E-state index contributed by atoms with van der Waals surface area (Å²) in [6.45, 7) is 1.20. The summed E-state index contributed by atoms with van der Waals surface area (Å²) in [5.74, 6) is -0.961. The maximum absolute atomic E-state index is 13.4. The van der Waals surface area contributed by atoms with Crippen molar-refractivity contribution in [2.75, 3.05) is 0 Å². The molecular formula is C10H11BrF4N2O. The van der Waals surface area contributed by atoms with E-state index in [9.17, 15) is 17.6 Å². The van der Waals surface area contributed by atoms with Crippen LogP contribution >= 0.6 is 15.9 Å². The van der Waals surface area contributed by atoms with Crippen molar-refractivity contribution in [3.63, 3.8) is 0 Å². The van der Waals surface area contributed by atoms with Crippen molar-refractivity contribution in [3.8, 4) is 0 Å². The average Bonchev–Trinajstić information content (AvgIpc) is 2.19. The summed E-state index contributed by atoms with van der Waals surface area (Å²) < 4.78 is 50.6. The van der Waals surface area contributed by atoms with Crippen LogP contribution in [0, 0.1) is 5.95 Å². The molecule has 0 fully saturated rings. The number of nitrogens with zero attached hydrogens (tertiary/aromatic N) is 1. The number of pyridine rings is 1. The van der Waals surface area contributed by atoms with Gasteiger partial charge >= 0.3 is 6.18 Å². The predicted octanol–water partition coefficient (Wildman–Crippen LogP) is 2.47. The Balaban J connectivity index is 3.02. The van der Waals surface area contributed by atoms with Gasteiger partial charge in [0.25, 0.3) is 0 Å². The van der Waals surface area contributed by atoms with E-state index in [1.165, 1.54) is 13.0 Å². The van der Waals surface area contributed by atoms with E-state index in [0.29, 0.717) is 4.47 Å². The smallest absolute Gasteiger partial charge is 0.384 e. The molecule has 0 aliphatic rings. The van der Waals surface area contributed by atoms with Crippen LogP contribution in [0.5, 0.6) is 0 Å². The maximum Gasteiger partial charge on any atom is 0.414 e. The molecular weight excluding hydrogens is 320 g/mol. The van der Waals surface area contributed by atoms with E-state index in [0.717, 1.165) is 6.20 Å². The second kappa shape index (κ2) is 5.10. The Labute approximate surface area is 109 Å². The highest BCUT2D eigenvalue weighted by molar-refractivity contribution is 9.10. The lowest BCUT2D eigenvalue weighted by molar-refractivity contribution is -0.209. The number of nitrogens with two attached hydrogens (primary N) is 1. The molecule has 0 saturated heterocycles. The molecule has 0 aliphatic carbocycles. The maximum atomic E-state index is 13.4. The van der Waals surface area contributed by atoms with Crippen LogP contribution in [0.15, 0.2) is 16.7 Å². The van der Waals surface area contributed by atoms with E-state index in [4.69, 9.17) is 10.8 Å². The van der Waals surface area contributed by atoms with Crippen molar-refractivity contribution < 1.29 is 22.7 Å². The molecule has 0 aromatic carbocycles. The van der Waals surface area contributed by atoms with E-state index in [-0.39, 0.29) is 5.56 Å². The summed E-state index contributed by atoms with van der Waals surface area (Å²) in [6, 6.07) is 1.24. The Morgan fingerprint density at radius 3 is 2.56 bits per heavy atom. The Bertz CT molecular complexity index is 436. The molecule has 0 saturated carbocycles. The molecule has 3 N–H and O–H groups in total. The zero-order valence-corrected chi connectivity index (χ0v) is 10.9. The van der Waals surface area contributed by atoms with E-state index in [1.807, 2.05) is 0 Å². The largest absolute Gasteiger partial charge is 0.414 e. The number of aromatic nitrogens is 1. The minimum Gasteiger partial charge on any atom is -0.384 e. The zero-order chi connectivity index (χ0) is 14.1. The molecule has 1 rings (SSSR count). The summed E-state index contributed by atoms with van der Waals surface area (Å²) >= 11 is 3.03. The van der Waals surface area contributed by atoms with Gasteiger partial charge in [0.1, 0.15) is 0 Å². The number of alkyl halides is 3. The summed E-state index contributed by atoms with van der Waals surface area (Å²) in [5.41, 5.74) is 3.77. The zero-order valence-electron chi connectivity index (χ0n) is 9.30.